The summed E-state index contributed by atoms with van der Waals surface area (Å²) in [7, 11) is 0. The van der Waals surface area contributed by atoms with Crippen molar-refractivity contribution < 1.29 is 13.9 Å². The van der Waals surface area contributed by atoms with Gasteiger partial charge in [0.05, 0.1) is 0 Å². The molecule has 2 nitrogen and oxygen atoms in total. The molecule has 0 heterocycles. The maximum atomic E-state index is 13.4. The zero-order chi connectivity index (χ0) is 10.3. The van der Waals surface area contributed by atoms with Crippen LogP contribution >= 0.6 is 0 Å². The van der Waals surface area contributed by atoms with E-state index in [-0.39, 0.29) is 5.56 Å². The molecule has 1 aromatic carbocycles. The molecule has 1 aliphatic carbocycles. The van der Waals surface area contributed by atoms with Crippen molar-refractivity contribution in [1.82, 2.24) is 0 Å². The quantitative estimate of drug-likeness (QED) is 0.760. The molecule has 1 fully saturated rings. The topological polar surface area (TPSA) is 46.2 Å². The van der Waals surface area contributed by atoms with E-state index in [1.165, 1.54) is 0 Å². The van der Waals surface area contributed by atoms with Crippen LogP contribution in [-0.4, -0.2) is 11.7 Å². The Kier molecular flexibility index (Phi) is 1.96. The first-order valence-corrected chi connectivity index (χ1v) is 4.48. The first-order chi connectivity index (χ1) is 6.59. The Hall–Kier alpha value is -1.16. The van der Waals surface area contributed by atoms with Crippen LogP contribution in [0.5, 0.6) is 5.75 Å². The Labute approximate surface area is 80.4 Å². The summed E-state index contributed by atoms with van der Waals surface area (Å²) in [5.41, 5.74) is 5.40. The van der Waals surface area contributed by atoms with Crippen molar-refractivity contribution in [2.24, 2.45) is 5.73 Å². The number of hydrogen-bond donors (Lipinski definition) is 2. The van der Waals surface area contributed by atoms with E-state index in [0.29, 0.717) is 6.54 Å². The lowest BCUT2D eigenvalue weighted by Gasteiger charge is -2.14. The minimum atomic E-state index is -0.791. The van der Waals surface area contributed by atoms with Gasteiger partial charge in [-0.3, -0.25) is 0 Å². The second kappa shape index (κ2) is 2.92. The number of aromatic hydroxyl groups is 1. The third kappa shape index (κ3) is 1.26. The molecule has 0 aliphatic heterocycles. The van der Waals surface area contributed by atoms with Crippen LogP contribution in [0.15, 0.2) is 12.1 Å². The average Bonchev–Trinajstić information content (AvgIpc) is 2.92. The molecule has 0 spiro atoms. The summed E-state index contributed by atoms with van der Waals surface area (Å²) in [5.74, 6) is -2.02. The minimum absolute atomic E-state index is 0.287. The van der Waals surface area contributed by atoms with Gasteiger partial charge in [-0.25, -0.2) is 8.78 Å². The highest BCUT2D eigenvalue weighted by Gasteiger charge is 2.45. The van der Waals surface area contributed by atoms with Crippen LogP contribution in [0.4, 0.5) is 8.78 Å². The predicted octanol–water partition coefficient (Wildman–Crippen LogP) is 1.66. The number of hydrogen-bond acceptors (Lipinski definition) is 2. The van der Waals surface area contributed by atoms with Crippen molar-refractivity contribution in [1.29, 1.82) is 0 Å². The lowest BCUT2D eigenvalue weighted by molar-refractivity contribution is 0.422. The van der Waals surface area contributed by atoms with Crippen molar-refractivity contribution in [3.63, 3.8) is 0 Å². The number of phenols is 1. The molecular weight excluding hydrogens is 188 g/mol. The molecule has 2 rings (SSSR count). The fourth-order valence-electron chi connectivity index (χ4n) is 1.68. The van der Waals surface area contributed by atoms with E-state index >= 15 is 0 Å². The number of phenolic OH excluding ortho intramolecular Hbond substituents is 1. The molecular formula is C10H11F2NO. The lowest BCUT2D eigenvalue weighted by atomic mass is 9.95. The Morgan fingerprint density at radius 2 is 1.93 bits per heavy atom. The maximum absolute atomic E-state index is 13.4. The van der Waals surface area contributed by atoms with Gasteiger partial charge in [-0.05, 0) is 24.5 Å². The van der Waals surface area contributed by atoms with Crippen LogP contribution in [0, 0.1) is 11.6 Å². The number of rotatable bonds is 2. The summed E-state index contributed by atoms with van der Waals surface area (Å²) in [6.45, 7) is 0.314. The van der Waals surface area contributed by atoms with Gasteiger partial charge in [-0.1, -0.05) is 0 Å². The van der Waals surface area contributed by atoms with Crippen LogP contribution in [-0.2, 0) is 5.41 Å². The van der Waals surface area contributed by atoms with Gasteiger partial charge in [0.2, 0.25) is 0 Å². The van der Waals surface area contributed by atoms with Gasteiger partial charge in [-0.15, -0.1) is 0 Å². The fraction of sp³-hybridized carbons (Fsp3) is 0.400. The highest BCUT2D eigenvalue weighted by Crippen LogP contribution is 2.48. The molecule has 14 heavy (non-hydrogen) atoms. The van der Waals surface area contributed by atoms with Crippen LogP contribution < -0.4 is 5.73 Å². The summed E-state index contributed by atoms with van der Waals surface area (Å²) in [6, 6.07) is 1.85. The zero-order valence-corrected chi connectivity index (χ0v) is 7.56. The smallest absolute Gasteiger partial charge is 0.165 e. The first-order valence-electron chi connectivity index (χ1n) is 4.48. The highest BCUT2D eigenvalue weighted by molar-refractivity contribution is 5.38. The summed E-state index contributed by atoms with van der Waals surface area (Å²) in [5, 5.41) is 8.94. The molecule has 0 unspecified atom stereocenters. The molecule has 0 bridgehead atoms. The monoisotopic (exact) mass is 199 g/mol. The number of halogens is 2. The van der Waals surface area contributed by atoms with Gasteiger partial charge >= 0.3 is 0 Å². The van der Waals surface area contributed by atoms with Crippen LogP contribution in [0.25, 0.3) is 0 Å². The molecule has 3 N–H and O–H groups in total. The van der Waals surface area contributed by atoms with Gasteiger partial charge in [-0.2, -0.15) is 0 Å². The van der Waals surface area contributed by atoms with E-state index < -0.39 is 22.8 Å². The largest absolute Gasteiger partial charge is 0.505 e. The number of nitrogens with two attached hydrogens (primary N) is 1. The van der Waals surface area contributed by atoms with Crippen molar-refractivity contribution in [2.45, 2.75) is 18.3 Å². The SMILES string of the molecule is NCC1(c2cc(F)c(O)cc2F)CC1. The first kappa shape index (κ1) is 9.40. The third-order valence-electron chi connectivity index (χ3n) is 2.85. The average molecular weight is 199 g/mol. The van der Waals surface area contributed by atoms with Crippen LogP contribution in [0.2, 0.25) is 0 Å². The molecule has 0 aromatic heterocycles. The molecule has 0 radical (unpaired) electrons. The van der Waals surface area contributed by atoms with Gasteiger partial charge < -0.3 is 10.8 Å². The molecule has 0 atom stereocenters. The Morgan fingerprint density at radius 3 is 2.43 bits per heavy atom. The highest BCUT2D eigenvalue weighted by atomic mass is 19.1. The Morgan fingerprint density at radius 1 is 1.29 bits per heavy atom. The predicted molar refractivity (Wildman–Crippen MR) is 48.0 cm³/mol. The molecule has 1 aliphatic rings. The summed E-state index contributed by atoms with van der Waals surface area (Å²) in [4.78, 5) is 0. The van der Waals surface area contributed by atoms with Crippen molar-refractivity contribution in [3.05, 3.63) is 29.3 Å². The van der Waals surface area contributed by atoms with Crippen molar-refractivity contribution in [2.75, 3.05) is 6.54 Å². The van der Waals surface area contributed by atoms with E-state index in [2.05, 4.69) is 0 Å². The van der Waals surface area contributed by atoms with Crippen molar-refractivity contribution in [3.8, 4) is 5.75 Å². The lowest BCUT2D eigenvalue weighted by Crippen LogP contribution is -2.21. The fourth-order valence-corrected chi connectivity index (χ4v) is 1.68. The summed E-state index contributed by atoms with van der Waals surface area (Å²) in [6.07, 6.45) is 1.56. The second-order valence-corrected chi connectivity index (χ2v) is 3.77. The zero-order valence-electron chi connectivity index (χ0n) is 7.56. The van der Waals surface area contributed by atoms with Crippen LogP contribution in [0.1, 0.15) is 18.4 Å². The Balaban J connectivity index is 2.49. The van der Waals surface area contributed by atoms with Gasteiger partial charge in [0.15, 0.2) is 11.6 Å². The normalized spacial score (nSPS) is 18.2. The van der Waals surface area contributed by atoms with E-state index in [1.807, 2.05) is 0 Å². The molecule has 0 amide bonds. The molecule has 1 saturated carbocycles. The van der Waals surface area contributed by atoms with E-state index in [9.17, 15) is 8.78 Å². The molecule has 0 saturated heterocycles. The molecule has 4 heteroatoms. The Bertz CT molecular complexity index is 375. The standard InChI is InChI=1S/C10H11F2NO/c11-7-4-9(14)8(12)3-6(7)10(5-13)1-2-10/h3-4,14H,1-2,5,13H2. The van der Waals surface area contributed by atoms with Crippen LogP contribution in [0.3, 0.4) is 0 Å². The third-order valence-corrected chi connectivity index (χ3v) is 2.85. The van der Waals surface area contributed by atoms with Gasteiger partial charge in [0.25, 0.3) is 0 Å². The molecule has 76 valence electrons. The maximum Gasteiger partial charge on any atom is 0.165 e. The van der Waals surface area contributed by atoms with Crippen molar-refractivity contribution >= 4 is 0 Å². The summed E-state index contributed by atoms with van der Waals surface area (Å²) < 4.78 is 26.4. The minimum Gasteiger partial charge on any atom is -0.505 e. The second-order valence-electron chi connectivity index (χ2n) is 3.77. The molecule has 1 aromatic rings. The van der Waals surface area contributed by atoms with E-state index in [1.54, 1.807) is 0 Å². The van der Waals surface area contributed by atoms with Gasteiger partial charge in [0, 0.05) is 18.0 Å². The van der Waals surface area contributed by atoms with Gasteiger partial charge in [0.1, 0.15) is 5.82 Å². The van der Waals surface area contributed by atoms with E-state index in [4.69, 9.17) is 10.8 Å². The van der Waals surface area contributed by atoms with E-state index in [0.717, 1.165) is 25.0 Å². The number of benzene rings is 1. The summed E-state index contributed by atoms with van der Waals surface area (Å²) >= 11 is 0.